The van der Waals surface area contributed by atoms with E-state index in [2.05, 4.69) is 24.1 Å². The first-order valence-electron chi connectivity index (χ1n) is 5.98. The largest absolute Gasteiger partial charge is 0.468 e. The van der Waals surface area contributed by atoms with Crippen molar-refractivity contribution in [3.63, 3.8) is 0 Å². The van der Waals surface area contributed by atoms with Crippen molar-refractivity contribution in [2.45, 2.75) is 32.7 Å². The minimum Gasteiger partial charge on any atom is -0.468 e. The van der Waals surface area contributed by atoms with Gasteiger partial charge in [-0.15, -0.1) is 0 Å². The predicted octanol–water partition coefficient (Wildman–Crippen LogP) is 1.12. The van der Waals surface area contributed by atoms with Crippen LogP contribution in [0.4, 0.5) is 0 Å². The zero-order valence-electron chi connectivity index (χ0n) is 11.2. The highest BCUT2D eigenvalue weighted by Crippen LogP contribution is 2.11. The van der Waals surface area contributed by atoms with Crippen molar-refractivity contribution < 1.29 is 9.53 Å². The van der Waals surface area contributed by atoms with Crippen LogP contribution in [0.5, 0.6) is 0 Å². The summed E-state index contributed by atoms with van der Waals surface area (Å²) >= 11 is 0. The molecule has 0 fully saturated rings. The number of rotatable bonds is 8. The van der Waals surface area contributed by atoms with Crippen molar-refractivity contribution in [1.29, 1.82) is 0 Å². The maximum atomic E-state index is 11.6. The Kier molecular flexibility index (Phi) is 8.21. The maximum absolute atomic E-state index is 11.6. The zero-order chi connectivity index (χ0) is 12.6. The van der Waals surface area contributed by atoms with Crippen molar-refractivity contribution in [3.05, 3.63) is 0 Å². The van der Waals surface area contributed by atoms with Crippen LogP contribution in [0, 0.1) is 5.92 Å². The first kappa shape index (κ1) is 15.4. The molecule has 2 atom stereocenters. The average molecular weight is 230 g/mol. The van der Waals surface area contributed by atoms with Crippen molar-refractivity contribution in [1.82, 2.24) is 10.2 Å². The Hall–Kier alpha value is -0.610. The Bertz CT molecular complexity index is 195. The monoisotopic (exact) mass is 230 g/mol. The van der Waals surface area contributed by atoms with Crippen LogP contribution in [-0.2, 0) is 9.53 Å². The number of hydrogen-bond acceptors (Lipinski definition) is 4. The van der Waals surface area contributed by atoms with Gasteiger partial charge in [0.15, 0.2) is 0 Å². The average Bonchev–Trinajstić information content (AvgIpc) is 2.23. The molecule has 0 aromatic carbocycles. The lowest BCUT2D eigenvalue weighted by Gasteiger charge is -2.23. The third kappa shape index (κ3) is 6.08. The van der Waals surface area contributed by atoms with Crippen molar-refractivity contribution in [2.75, 3.05) is 34.3 Å². The fraction of sp³-hybridized carbons (Fsp3) is 0.917. The number of ether oxygens (including phenoxy) is 1. The first-order chi connectivity index (χ1) is 7.52. The van der Waals surface area contributed by atoms with Gasteiger partial charge in [0.25, 0.3) is 0 Å². The first-order valence-corrected chi connectivity index (χ1v) is 5.98. The summed E-state index contributed by atoms with van der Waals surface area (Å²) in [6.07, 6.45) is 2.12. The molecule has 2 unspecified atom stereocenters. The molecule has 0 rings (SSSR count). The number of likely N-dealkylation sites (N-methyl/N-ethyl adjacent to an activating group) is 1. The van der Waals surface area contributed by atoms with E-state index in [-0.39, 0.29) is 12.0 Å². The number of carbonyl (C=O) groups is 1. The van der Waals surface area contributed by atoms with E-state index < -0.39 is 0 Å². The predicted molar refractivity (Wildman–Crippen MR) is 66.4 cm³/mol. The van der Waals surface area contributed by atoms with E-state index in [0.29, 0.717) is 5.92 Å². The minimum atomic E-state index is -0.176. The summed E-state index contributed by atoms with van der Waals surface area (Å²) in [5.74, 6) is 0.166. The molecule has 0 spiro atoms. The maximum Gasteiger partial charge on any atom is 0.323 e. The van der Waals surface area contributed by atoms with E-state index in [1.807, 2.05) is 14.1 Å². The molecule has 0 bridgehead atoms. The second kappa shape index (κ2) is 8.53. The number of carbonyl (C=O) groups excluding carboxylic acids is 1. The number of nitrogens with one attached hydrogen (secondary N) is 1. The Balaban J connectivity index is 4.15. The van der Waals surface area contributed by atoms with Gasteiger partial charge in [0.05, 0.1) is 7.11 Å². The lowest BCUT2D eigenvalue weighted by Crippen LogP contribution is -2.45. The molecule has 0 aliphatic carbocycles. The third-order valence-electron chi connectivity index (χ3n) is 2.69. The molecule has 1 N–H and O–H groups in total. The molecule has 4 heteroatoms. The Morgan fingerprint density at radius 3 is 2.50 bits per heavy atom. The van der Waals surface area contributed by atoms with Gasteiger partial charge in [-0.3, -0.25) is 4.79 Å². The molecule has 0 amide bonds. The van der Waals surface area contributed by atoms with Crippen molar-refractivity contribution in [3.8, 4) is 0 Å². The number of methoxy groups -OCH3 is 1. The van der Waals surface area contributed by atoms with Crippen LogP contribution in [0.1, 0.15) is 26.7 Å². The van der Waals surface area contributed by atoms with Gasteiger partial charge in [0, 0.05) is 13.1 Å². The van der Waals surface area contributed by atoms with Gasteiger partial charge in [0.2, 0.25) is 0 Å². The SMILES string of the molecule is CCCC(C)C(NCCN(C)C)C(=O)OC. The molecule has 0 heterocycles. The quantitative estimate of drug-likeness (QED) is 0.634. The number of nitrogens with zero attached hydrogens (tertiary/aromatic N) is 1. The van der Waals surface area contributed by atoms with Gasteiger partial charge in [0.1, 0.15) is 6.04 Å². The van der Waals surface area contributed by atoms with Crippen LogP contribution < -0.4 is 5.32 Å². The number of esters is 1. The summed E-state index contributed by atoms with van der Waals surface area (Å²) in [6, 6.07) is -0.176. The molecule has 0 radical (unpaired) electrons. The molecule has 0 aromatic heterocycles. The van der Waals surface area contributed by atoms with E-state index >= 15 is 0 Å². The van der Waals surface area contributed by atoms with E-state index in [9.17, 15) is 4.79 Å². The molecular weight excluding hydrogens is 204 g/mol. The lowest BCUT2D eigenvalue weighted by molar-refractivity contribution is -0.144. The van der Waals surface area contributed by atoms with Crippen LogP contribution in [0.3, 0.4) is 0 Å². The van der Waals surface area contributed by atoms with Gasteiger partial charge in [-0.05, 0) is 26.4 Å². The highest BCUT2D eigenvalue weighted by Gasteiger charge is 2.24. The summed E-state index contributed by atoms with van der Waals surface area (Å²) in [4.78, 5) is 13.7. The lowest BCUT2D eigenvalue weighted by atomic mass is 9.97. The second-order valence-electron chi connectivity index (χ2n) is 4.52. The molecule has 0 saturated carbocycles. The highest BCUT2D eigenvalue weighted by atomic mass is 16.5. The van der Waals surface area contributed by atoms with Crippen molar-refractivity contribution >= 4 is 5.97 Å². The molecular formula is C12H26N2O2. The van der Waals surface area contributed by atoms with E-state index in [4.69, 9.17) is 4.74 Å². The standard InChI is InChI=1S/C12H26N2O2/c1-6-7-10(2)11(12(15)16-5)13-8-9-14(3)4/h10-11,13H,6-9H2,1-5H3. The summed E-state index contributed by atoms with van der Waals surface area (Å²) < 4.78 is 4.82. The molecule has 4 nitrogen and oxygen atoms in total. The van der Waals surface area contributed by atoms with E-state index in [1.54, 1.807) is 0 Å². The van der Waals surface area contributed by atoms with Gasteiger partial charge >= 0.3 is 5.97 Å². The number of hydrogen-bond donors (Lipinski definition) is 1. The molecule has 16 heavy (non-hydrogen) atoms. The van der Waals surface area contributed by atoms with Gasteiger partial charge in [-0.1, -0.05) is 20.3 Å². The van der Waals surface area contributed by atoms with Crippen LogP contribution in [0.25, 0.3) is 0 Å². The normalized spacial score (nSPS) is 14.9. The third-order valence-corrected chi connectivity index (χ3v) is 2.69. The summed E-state index contributed by atoms with van der Waals surface area (Å²) in [6.45, 7) is 5.95. The molecule has 0 aliphatic rings. The zero-order valence-corrected chi connectivity index (χ0v) is 11.2. The molecule has 96 valence electrons. The highest BCUT2D eigenvalue weighted by molar-refractivity contribution is 5.75. The topological polar surface area (TPSA) is 41.6 Å². The molecule has 0 aliphatic heterocycles. The van der Waals surface area contributed by atoms with Crippen LogP contribution >= 0.6 is 0 Å². The Labute approximate surface area is 99.3 Å². The fourth-order valence-corrected chi connectivity index (χ4v) is 1.71. The van der Waals surface area contributed by atoms with Crippen LogP contribution in [-0.4, -0.2) is 51.2 Å². The summed E-state index contributed by atoms with van der Waals surface area (Å²) in [5, 5.41) is 3.27. The molecule has 0 aromatic rings. The fourth-order valence-electron chi connectivity index (χ4n) is 1.71. The van der Waals surface area contributed by atoms with Crippen molar-refractivity contribution in [2.24, 2.45) is 5.92 Å². The summed E-state index contributed by atoms with van der Waals surface area (Å²) in [7, 11) is 5.48. The smallest absolute Gasteiger partial charge is 0.323 e. The van der Waals surface area contributed by atoms with Gasteiger partial charge in [-0.25, -0.2) is 0 Å². The van der Waals surface area contributed by atoms with E-state index in [0.717, 1.165) is 25.9 Å². The summed E-state index contributed by atoms with van der Waals surface area (Å²) in [5.41, 5.74) is 0. The second-order valence-corrected chi connectivity index (χ2v) is 4.52. The Morgan fingerprint density at radius 2 is 2.06 bits per heavy atom. The minimum absolute atomic E-state index is 0.153. The van der Waals surface area contributed by atoms with Crippen LogP contribution in [0.15, 0.2) is 0 Å². The van der Waals surface area contributed by atoms with Gasteiger partial charge in [-0.2, -0.15) is 0 Å². The van der Waals surface area contributed by atoms with Crippen LogP contribution in [0.2, 0.25) is 0 Å². The van der Waals surface area contributed by atoms with E-state index in [1.165, 1.54) is 7.11 Å². The van der Waals surface area contributed by atoms with Gasteiger partial charge < -0.3 is 15.0 Å². The molecule has 0 saturated heterocycles. The Morgan fingerprint density at radius 1 is 1.44 bits per heavy atom.